The van der Waals surface area contributed by atoms with Crippen LogP contribution in [0.15, 0.2) is 40.2 Å². The molecular weight excluding hydrogens is 319 g/mol. The summed E-state index contributed by atoms with van der Waals surface area (Å²) in [4.78, 5) is 12.2. The van der Waals surface area contributed by atoms with E-state index in [-0.39, 0.29) is 5.82 Å². The van der Waals surface area contributed by atoms with Crippen LogP contribution in [0.3, 0.4) is 0 Å². The predicted octanol–water partition coefficient (Wildman–Crippen LogP) is 3.29. The average molecular weight is 329 g/mol. The number of carbonyl (C=O) groups is 1. The normalized spacial score (nSPS) is 12.1. The van der Waals surface area contributed by atoms with Crippen molar-refractivity contribution < 1.29 is 9.18 Å². The number of amides is 1. The van der Waals surface area contributed by atoms with Gasteiger partial charge in [-0.15, -0.1) is 11.3 Å². The van der Waals surface area contributed by atoms with Crippen molar-refractivity contribution >= 4 is 38.9 Å². The summed E-state index contributed by atoms with van der Waals surface area (Å²) in [5.74, 6) is -0.871. The van der Waals surface area contributed by atoms with Gasteiger partial charge in [0, 0.05) is 20.4 Å². The molecule has 1 heterocycles. The highest BCUT2D eigenvalue weighted by Gasteiger charge is 2.19. The van der Waals surface area contributed by atoms with Crippen LogP contribution in [0, 0.1) is 5.82 Å². The van der Waals surface area contributed by atoms with Gasteiger partial charge in [-0.2, -0.15) is 0 Å². The molecule has 2 aromatic rings. The van der Waals surface area contributed by atoms with Gasteiger partial charge in [0.1, 0.15) is 11.9 Å². The average Bonchev–Trinajstić information content (AvgIpc) is 2.72. The number of thiophene rings is 1. The van der Waals surface area contributed by atoms with Gasteiger partial charge in [-0.05, 0) is 40.2 Å². The largest absolute Gasteiger partial charge is 0.369 e. The van der Waals surface area contributed by atoms with Gasteiger partial charge >= 0.3 is 0 Å². The van der Waals surface area contributed by atoms with E-state index < -0.39 is 11.9 Å². The van der Waals surface area contributed by atoms with E-state index in [1.807, 2.05) is 11.4 Å². The molecule has 3 N–H and O–H groups in total. The molecule has 0 radical (unpaired) electrons. The van der Waals surface area contributed by atoms with Gasteiger partial charge < -0.3 is 11.1 Å². The van der Waals surface area contributed by atoms with E-state index in [2.05, 4.69) is 21.2 Å². The molecule has 1 unspecified atom stereocenters. The monoisotopic (exact) mass is 328 g/mol. The van der Waals surface area contributed by atoms with Gasteiger partial charge in [-0.25, -0.2) is 4.39 Å². The molecule has 6 heteroatoms. The van der Waals surface area contributed by atoms with Crippen LogP contribution < -0.4 is 11.1 Å². The number of halogens is 2. The van der Waals surface area contributed by atoms with Crippen molar-refractivity contribution in [3.05, 3.63) is 50.9 Å². The van der Waals surface area contributed by atoms with Crippen molar-refractivity contribution in [3.63, 3.8) is 0 Å². The van der Waals surface area contributed by atoms with Crippen LogP contribution in [-0.2, 0) is 4.79 Å². The molecule has 0 saturated carbocycles. The molecule has 0 spiro atoms. The third kappa shape index (κ3) is 3.08. The zero-order chi connectivity index (χ0) is 13.1. The maximum absolute atomic E-state index is 13.1. The first-order chi connectivity index (χ1) is 8.56. The zero-order valence-corrected chi connectivity index (χ0v) is 11.6. The van der Waals surface area contributed by atoms with E-state index in [1.165, 1.54) is 23.5 Å². The first-order valence-electron chi connectivity index (χ1n) is 5.11. The molecule has 1 atom stereocenters. The summed E-state index contributed by atoms with van der Waals surface area (Å²) in [5, 5.41) is 4.78. The topological polar surface area (TPSA) is 55.1 Å². The number of nitrogens with two attached hydrogens (primary N) is 1. The lowest BCUT2D eigenvalue weighted by molar-refractivity contribution is -0.118. The number of rotatable bonds is 4. The Balaban J connectivity index is 2.24. The minimum absolute atomic E-state index is 0.365. The molecule has 0 fully saturated rings. The fraction of sp³-hybridized carbons (Fsp3) is 0.0833. The summed E-state index contributed by atoms with van der Waals surface area (Å²) in [6, 6.07) is 7.06. The van der Waals surface area contributed by atoms with Crippen molar-refractivity contribution in [2.45, 2.75) is 6.04 Å². The molecule has 0 saturated heterocycles. The number of anilines is 1. The molecular formula is C12H10BrFN2OS. The molecule has 94 valence electrons. The highest BCUT2D eigenvalue weighted by atomic mass is 79.9. The molecule has 2 rings (SSSR count). The smallest absolute Gasteiger partial charge is 0.245 e. The van der Waals surface area contributed by atoms with Crippen LogP contribution in [-0.4, -0.2) is 5.91 Å². The Labute approximate surface area is 116 Å². The van der Waals surface area contributed by atoms with Crippen molar-refractivity contribution in [3.8, 4) is 0 Å². The summed E-state index contributed by atoms with van der Waals surface area (Å²) in [6.07, 6.45) is 0. The molecule has 0 aliphatic heterocycles. The van der Waals surface area contributed by atoms with Crippen LogP contribution in [0.2, 0.25) is 0 Å². The minimum Gasteiger partial charge on any atom is -0.369 e. The van der Waals surface area contributed by atoms with Gasteiger partial charge in [0.15, 0.2) is 0 Å². The van der Waals surface area contributed by atoms with Gasteiger partial charge in [0.05, 0.1) is 0 Å². The Morgan fingerprint density at radius 2 is 2.22 bits per heavy atom. The van der Waals surface area contributed by atoms with Gasteiger partial charge in [0.25, 0.3) is 0 Å². The third-order valence-corrected chi connectivity index (χ3v) is 4.05. The molecule has 18 heavy (non-hydrogen) atoms. The Kier molecular flexibility index (Phi) is 3.98. The molecule has 0 bridgehead atoms. The number of nitrogens with one attached hydrogen (secondary N) is 1. The standard InChI is InChI=1S/C12H10BrFN2OS/c13-7-4-10(18-6-7)11(12(15)17)16-9-3-1-2-8(14)5-9/h1-6,11,16H,(H2,15,17). The third-order valence-electron chi connectivity index (χ3n) is 2.29. The first kappa shape index (κ1) is 13.0. The summed E-state index contributed by atoms with van der Waals surface area (Å²) in [6.45, 7) is 0. The number of hydrogen-bond acceptors (Lipinski definition) is 3. The predicted molar refractivity (Wildman–Crippen MR) is 74.0 cm³/mol. The molecule has 0 aliphatic carbocycles. The van der Waals surface area contributed by atoms with Gasteiger partial charge in [0.2, 0.25) is 5.91 Å². The number of hydrogen-bond donors (Lipinski definition) is 2. The number of carbonyl (C=O) groups excluding carboxylic acids is 1. The van der Waals surface area contributed by atoms with Crippen LogP contribution in [0.25, 0.3) is 0 Å². The molecule has 1 amide bonds. The summed E-state index contributed by atoms with van der Waals surface area (Å²) >= 11 is 4.72. The van der Waals surface area contributed by atoms with Gasteiger partial charge in [-0.3, -0.25) is 4.79 Å². The van der Waals surface area contributed by atoms with E-state index in [1.54, 1.807) is 12.1 Å². The SMILES string of the molecule is NC(=O)C(Nc1cccc(F)c1)c1cc(Br)cs1. The van der Waals surface area contributed by atoms with Crippen molar-refractivity contribution in [2.75, 3.05) is 5.32 Å². The second kappa shape index (κ2) is 5.49. The van der Waals surface area contributed by atoms with E-state index in [0.717, 1.165) is 9.35 Å². The fourth-order valence-electron chi connectivity index (χ4n) is 1.51. The van der Waals surface area contributed by atoms with E-state index in [4.69, 9.17) is 5.73 Å². The quantitative estimate of drug-likeness (QED) is 0.904. The zero-order valence-electron chi connectivity index (χ0n) is 9.19. The Hall–Kier alpha value is -1.40. The van der Waals surface area contributed by atoms with E-state index in [0.29, 0.717) is 5.69 Å². The van der Waals surface area contributed by atoms with E-state index >= 15 is 0 Å². The first-order valence-corrected chi connectivity index (χ1v) is 6.79. The lowest BCUT2D eigenvalue weighted by Crippen LogP contribution is -2.27. The van der Waals surface area contributed by atoms with E-state index in [9.17, 15) is 9.18 Å². The maximum Gasteiger partial charge on any atom is 0.245 e. The number of primary amides is 1. The fourth-order valence-corrected chi connectivity index (χ4v) is 3.01. The maximum atomic E-state index is 13.1. The van der Waals surface area contributed by atoms with Crippen LogP contribution >= 0.6 is 27.3 Å². The second-order valence-corrected chi connectivity index (χ2v) is 5.52. The van der Waals surface area contributed by atoms with Crippen molar-refractivity contribution in [1.29, 1.82) is 0 Å². The second-order valence-electron chi connectivity index (χ2n) is 3.66. The molecule has 3 nitrogen and oxygen atoms in total. The highest BCUT2D eigenvalue weighted by Crippen LogP contribution is 2.28. The molecule has 1 aromatic heterocycles. The highest BCUT2D eigenvalue weighted by molar-refractivity contribution is 9.10. The van der Waals surface area contributed by atoms with Crippen molar-refractivity contribution in [2.24, 2.45) is 5.73 Å². The summed E-state index contributed by atoms with van der Waals surface area (Å²) in [5.41, 5.74) is 5.88. The Morgan fingerprint density at radius 1 is 1.44 bits per heavy atom. The van der Waals surface area contributed by atoms with Crippen LogP contribution in [0.4, 0.5) is 10.1 Å². The number of benzene rings is 1. The Morgan fingerprint density at radius 3 is 2.78 bits per heavy atom. The van der Waals surface area contributed by atoms with Gasteiger partial charge in [-0.1, -0.05) is 6.07 Å². The summed E-state index contributed by atoms with van der Waals surface area (Å²) < 4.78 is 13.9. The van der Waals surface area contributed by atoms with Crippen LogP contribution in [0.1, 0.15) is 10.9 Å². The lowest BCUT2D eigenvalue weighted by Gasteiger charge is -2.15. The molecule has 0 aliphatic rings. The Bertz CT molecular complexity index is 573. The summed E-state index contributed by atoms with van der Waals surface area (Å²) in [7, 11) is 0. The lowest BCUT2D eigenvalue weighted by atomic mass is 10.2. The molecule has 1 aromatic carbocycles. The minimum atomic E-state index is -0.664. The van der Waals surface area contributed by atoms with Crippen LogP contribution in [0.5, 0.6) is 0 Å². The van der Waals surface area contributed by atoms with Crippen molar-refractivity contribution in [1.82, 2.24) is 0 Å².